The number of urea groups is 1. The topological polar surface area (TPSA) is 84.3 Å². The van der Waals surface area contributed by atoms with Gasteiger partial charge in [0.05, 0.1) is 10.6 Å². The summed E-state index contributed by atoms with van der Waals surface area (Å²) in [6.45, 7) is 0.286. The summed E-state index contributed by atoms with van der Waals surface area (Å²) in [6, 6.07) is 19.2. The van der Waals surface area contributed by atoms with Crippen molar-refractivity contribution in [2.24, 2.45) is 0 Å². The Hall–Kier alpha value is -3.41. The number of benzene rings is 3. The zero-order valence-electron chi connectivity index (χ0n) is 12.7. The maximum absolute atomic E-state index is 12.1. The zero-order valence-corrected chi connectivity index (χ0v) is 12.7. The number of anilines is 1. The highest BCUT2D eigenvalue weighted by Crippen LogP contribution is 2.22. The minimum Gasteiger partial charge on any atom is -0.334 e. The van der Waals surface area contributed by atoms with Gasteiger partial charge in [-0.3, -0.25) is 10.1 Å². The number of nitro groups is 1. The fourth-order valence-corrected chi connectivity index (χ4v) is 2.42. The van der Waals surface area contributed by atoms with Gasteiger partial charge < -0.3 is 10.6 Å². The van der Waals surface area contributed by atoms with Gasteiger partial charge in [0, 0.05) is 24.1 Å². The van der Waals surface area contributed by atoms with Crippen LogP contribution in [0.5, 0.6) is 0 Å². The van der Waals surface area contributed by atoms with Crippen LogP contribution in [0, 0.1) is 10.1 Å². The lowest BCUT2D eigenvalue weighted by molar-refractivity contribution is -0.384. The molecule has 0 atom stereocenters. The van der Waals surface area contributed by atoms with Gasteiger partial charge in [0.2, 0.25) is 0 Å². The molecular weight excluding hydrogens is 306 g/mol. The third kappa shape index (κ3) is 3.49. The molecule has 0 aromatic heterocycles. The van der Waals surface area contributed by atoms with Gasteiger partial charge in [0.1, 0.15) is 0 Å². The molecule has 2 N–H and O–H groups in total. The highest BCUT2D eigenvalue weighted by atomic mass is 16.6. The highest BCUT2D eigenvalue weighted by molar-refractivity contribution is 6.01. The van der Waals surface area contributed by atoms with Crippen molar-refractivity contribution in [3.05, 3.63) is 82.4 Å². The summed E-state index contributed by atoms with van der Waals surface area (Å²) in [6.07, 6.45) is 0. The summed E-state index contributed by atoms with van der Waals surface area (Å²) in [5.74, 6) is 0. The maximum atomic E-state index is 12.1. The van der Waals surface area contributed by atoms with Crippen molar-refractivity contribution in [3.8, 4) is 0 Å². The molecule has 3 aromatic carbocycles. The number of nitro benzene ring substituents is 1. The van der Waals surface area contributed by atoms with Gasteiger partial charge in [-0.15, -0.1) is 0 Å². The Morgan fingerprint density at radius 2 is 1.67 bits per heavy atom. The van der Waals surface area contributed by atoms with Crippen LogP contribution in [0.1, 0.15) is 5.56 Å². The van der Waals surface area contributed by atoms with Gasteiger partial charge in [0.15, 0.2) is 0 Å². The average molecular weight is 321 g/mol. The van der Waals surface area contributed by atoms with Crippen LogP contribution in [0.3, 0.4) is 0 Å². The molecule has 24 heavy (non-hydrogen) atoms. The average Bonchev–Trinajstić information content (AvgIpc) is 2.61. The molecule has 0 heterocycles. The van der Waals surface area contributed by atoms with Gasteiger partial charge >= 0.3 is 6.03 Å². The van der Waals surface area contributed by atoms with E-state index < -0.39 is 4.92 Å². The molecule has 0 aliphatic carbocycles. The van der Waals surface area contributed by atoms with Crippen molar-refractivity contribution in [1.82, 2.24) is 5.32 Å². The lowest BCUT2D eigenvalue weighted by atomic mass is 10.1. The van der Waals surface area contributed by atoms with E-state index in [9.17, 15) is 14.9 Å². The van der Waals surface area contributed by atoms with E-state index >= 15 is 0 Å². The van der Waals surface area contributed by atoms with E-state index in [0.717, 1.165) is 22.0 Å². The van der Waals surface area contributed by atoms with Gasteiger partial charge in [-0.05, 0) is 17.0 Å². The van der Waals surface area contributed by atoms with Gasteiger partial charge in [-0.2, -0.15) is 0 Å². The third-order valence-corrected chi connectivity index (χ3v) is 3.64. The molecule has 0 radical (unpaired) electrons. The number of fused-ring (bicyclic) bond motifs is 1. The molecule has 120 valence electrons. The van der Waals surface area contributed by atoms with Crippen LogP contribution in [0.2, 0.25) is 0 Å². The van der Waals surface area contributed by atoms with E-state index in [-0.39, 0.29) is 18.3 Å². The minimum absolute atomic E-state index is 0.0268. The number of non-ortho nitro benzene ring substituents is 1. The first-order chi connectivity index (χ1) is 11.6. The minimum atomic E-state index is -0.454. The molecule has 0 unspecified atom stereocenters. The van der Waals surface area contributed by atoms with E-state index in [1.54, 1.807) is 12.1 Å². The van der Waals surface area contributed by atoms with Gasteiger partial charge in [-0.1, -0.05) is 48.5 Å². The largest absolute Gasteiger partial charge is 0.334 e. The maximum Gasteiger partial charge on any atom is 0.319 e. The summed E-state index contributed by atoms with van der Waals surface area (Å²) < 4.78 is 0. The Morgan fingerprint density at radius 3 is 2.42 bits per heavy atom. The number of rotatable bonds is 4. The second kappa shape index (κ2) is 6.78. The SMILES string of the molecule is O=C(NCc1ccc([N+](=O)[O-])cc1)Nc1cccc2ccccc12. The molecule has 6 nitrogen and oxygen atoms in total. The van der Waals surface area contributed by atoms with E-state index in [1.165, 1.54) is 12.1 Å². The molecule has 3 rings (SSSR count). The van der Waals surface area contributed by atoms with Crippen LogP contribution in [-0.4, -0.2) is 11.0 Å². The Bertz CT molecular complexity index is 886. The first kappa shape index (κ1) is 15.5. The fraction of sp³-hybridized carbons (Fsp3) is 0.0556. The van der Waals surface area contributed by atoms with Crippen molar-refractivity contribution in [2.75, 3.05) is 5.32 Å². The number of nitrogens with zero attached hydrogens (tertiary/aromatic N) is 1. The second-order valence-electron chi connectivity index (χ2n) is 5.26. The zero-order chi connectivity index (χ0) is 16.9. The van der Waals surface area contributed by atoms with Crippen molar-refractivity contribution in [2.45, 2.75) is 6.54 Å². The van der Waals surface area contributed by atoms with Crippen LogP contribution in [0.25, 0.3) is 10.8 Å². The van der Waals surface area contributed by atoms with E-state index in [1.807, 2.05) is 42.5 Å². The van der Waals surface area contributed by atoms with Gasteiger partial charge in [0.25, 0.3) is 5.69 Å². The normalized spacial score (nSPS) is 10.3. The summed E-state index contributed by atoms with van der Waals surface area (Å²) >= 11 is 0. The molecule has 0 saturated heterocycles. The summed E-state index contributed by atoms with van der Waals surface area (Å²) in [5.41, 5.74) is 1.54. The molecule has 0 bridgehead atoms. The van der Waals surface area contributed by atoms with E-state index in [0.29, 0.717) is 0 Å². The number of nitrogens with one attached hydrogen (secondary N) is 2. The monoisotopic (exact) mass is 321 g/mol. The standard InChI is InChI=1S/C18H15N3O3/c22-18(19-12-13-8-10-15(11-9-13)21(23)24)20-17-7-3-5-14-4-1-2-6-16(14)17/h1-11H,12H2,(H2,19,20,22). The van der Waals surface area contributed by atoms with Crippen LogP contribution in [0.15, 0.2) is 66.7 Å². The van der Waals surface area contributed by atoms with E-state index in [2.05, 4.69) is 10.6 Å². The highest BCUT2D eigenvalue weighted by Gasteiger charge is 2.07. The molecule has 6 heteroatoms. The van der Waals surface area contributed by atoms with Crippen LogP contribution in [0.4, 0.5) is 16.2 Å². The Morgan fingerprint density at radius 1 is 0.958 bits per heavy atom. The lowest BCUT2D eigenvalue weighted by Crippen LogP contribution is -2.28. The number of carbonyl (C=O) groups excluding carboxylic acids is 1. The summed E-state index contributed by atoms with van der Waals surface area (Å²) in [4.78, 5) is 22.2. The molecule has 0 saturated carbocycles. The smallest absolute Gasteiger partial charge is 0.319 e. The third-order valence-electron chi connectivity index (χ3n) is 3.64. The van der Waals surface area contributed by atoms with Crippen molar-refractivity contribution in [1.29, 1.82) is 0 Å². The van der Waals surface area contributed by atoms with Crippen molar-refractivity contribution >= 4 is 28.2 Å². The molecule has 2 amide bonds. The summed E-state index contributed by atoms with van der Waals surface area (Å²) in [7, 11) is 0. The summed E-state index contributed by atoms with van der Waals surface area (Å²) in [5, 5.41) is 18.2. The molecule has 0 aliphatic rings. The van der Waals surface area contributed by atoms with Crippen LogP contribution >= 0.6 is 0 Å². The number of hydrogen-bond acceptors (Lipinski definition) is 3. The fourth-order valence-electron chi connectivity index (χ4n) is 2.42. The quantitative estimate of drug-likeness (QED) is 0.561. The first-order valence-electron chi connectivity index (χ1n) is 7.39. The number of hydrogen-bond donors (Lipinski definition) is 2. The predicted molar refractivity (Wildman–Crippen MR) is 92.9 cm³/mol. The first-order valence-corrected chi connectivity index (χ1v) is 7.39. The Labute approximate surface area is 138 Å². The molecular formula is C18H15N3O3. The predicted octanol–water partition coefficient (Wildman–Crippen LogP) is 4.07. The number of amides is 2. The molecule has 0 spiro atoms. The Kier molecular flexibility index (Phi) is 4.38. The van der Waals surface area contributed by atoms with Crippen molar-refractivity contribution < 1.29 is 9.72 Å². The lowest BCUT2D eigenvalue weighted by Gasteiger charge is -2.10. The molecule has 3 aromatic rings. The van der Waals surface area contributed by atoms with Gasteiger partial charge in [-0.25, -0.2) is 4.79 Å². The number of carbonyl (C=O) groups is 1. The van der Waals surface area contributed by atoms with Crippen LogP contribution < -0.4 is 10.6 Å². The van der Waals surface area contributed by atoms with Crippen LogP contribution in [-0.2, 0) is 6.54 Å². The van der Waals surface area contributed by atoms with E-state index in [4.69, 9.17) is 0 Å². The second-order valence-corrected chi connectivity index (χ2v) is 5.26. The molecule has 0 fully saturated rings. The Balaban J connectivity index is 1.64. The molecule has 0 aliphatic heterocycles. The van der Waals surface area contributed by atoms with Crippen molar-refractivity contribution in [3.63, 3.8) is 0 Å².